The van der Waals surface area contributed by atoms with Crippen molar-refractivity contribution in [2.75, 3.05) is 18.6 Å². The summed E-state index contributed by atoms with van der Waals surface area (Å²) < 4.78 is 18.0. The average Bonchev–Trinajstić information content (AvgIpc) is 2.82. The van der Waals surface area contributed by atoms with Crippen LogP contribution in [0.15, 0.2) is 18.2 Å². The molecule has 1 unspecified atom stereocenters. The maximum absolute atomic E-state index is 13.2. The van der Waals surface area contributed by atoms with Gasteiger partial charge in [0.05, 0.1) is 7.11 Å². The molecule has 1 aliphatic heterocycles. The van der Waals surface area contributed by atoms with Gasteiger partial charge in [0.1, 0.15) is 0 Å². The summed E-state index contributed by atoms with van der Waals surface area (Å²) in [4.78, 5) is 12.0. The van der Waals surface area contributed by atoms with Crippen LogP contribution in [0.1, 0.15) is 16.8 Å². The van der Waals surface area contributed by atoms with E-state index in [1.54, 1.807) is 11.8 Å². The maximum Gasteiger partial charge on any atom is 0.166 e. The number of methoxy groups -OCH3 is 1. The van der Waals surface area contributed by atoms with Crippen LogP contribution >= 0.6 is 11.8 Å². The fourth-order valence-electron chi connectivity index (χ4n) is 1.79. The molecule has 0 bridgehead atoms. The lowest BCUT2D eigenvalue weighted by Crippen LogP contribution is -2.14. The fraction of sp³-hybridized carbons (Fsp3) is 0.417. The van der Waals surface area contributed by atoms with E-state index in [1.165, 1.54) is 25.3 Å². The molecule has 1 aromatic carbocycles. The zero-order valence-corrected chi connectivity index (χ0v) is 9.85. The van der Waals surface area contributed by atoms with Crippen molar-refractivity contribution >= 4 is 17.5 Å². The molecule has 0 spiro atoms. The minimum atomic E-state index is -0.431. The molecule has 0 radical (unpaired) electrons. The number of carbonyl (C=O) groups excluding carboxylic acids is 1. The van der Waals surface area contributed by atoms with Gasteiger partial charge >= 0.3 is 0 Å². The largest absolute Gasteiger partial charge is 0.494 e. The first kappa shape index (κ1) is 11.5. The van der Waals surface area contributed by atoms with E-state index in [2.05, 4.69) is 0 Å². The quantitative estimate of drug-likeness (QED) is 0.760. The van der Waals surface area contributed by atoms with Crippen molar-refractivity contribution in [1.29, 1.82) is 0 Å². The van der Waals surface area contributed by atoms with Gasteiger partial charge in [-0.1, -0.05) is 0 Å². The predicted molar refractivity (Wildman–Crippen MR) is 62.7 cm³/mol. The predicted octanol–water partition coefficient (Wildman–Crippen LogP) is 2.77. The Morgan fingerprint density at radius 1 is 1.56 bits per heavy atom. The Hall–Kier alpha value is -1.03. The van der Waals surface area contributed by atoms with E-state index in [0.717, 1.165) is 17.9 Å². The van der Waals surface area contributed by atoms with Crippen LogP contribution in [0.25, 0.3) is 0 Å². The summed E-state index contributed by atoms with van der Waals surface area (Å²) in [6, 6.07) is 4.30. The Morgan fingerprint density at radius 2 is 2.38 bits per heavy atom. The van der Waals surface area contributed by atoms with Crippen molar-refractivity contribution < 1.29 is 13.9 Å². The third-order valence-corrected chi connectivity index (χ3v) is 3.90. The molecule has 1 fully saturated rings. The van der Waals surface area contributed by atoms with Gasteiger partial charge < -0.3 is 4.74 Å². The van der Waals surface area contributed by atoms with Crippen LogP contribution in [0.2, 0.25) is 0 Å². The van der Waals surface area contributed by atoms with Gasteiger partial charge in [-0.25, -0.2) is 4.39 Å². The highest BCUT2D eigenvalue weighted by molar-refractivity contribution is 7.99. The molecular formula is C12H13FO2S. The summed E-state index contributed by atoms with van der Waals surface area (Å²) in [6.45, 7) is 0. The minimum Gasteiger partial charge on any atom is -0.494 e. The summed E-state index contributed by atoms with van der Waals surface area (Å²) in [6.07, 6.45) is 0.920. The number of carbonyl (C=O) groups is 1. The summed E-state index contributed by atoms with van der Waals surface area (Å²) in [5.41, 5.74) is 0.547. The van der Waals surface area contributed by atoms with E-state index in [-0.39, 0.29) is 17.5 Å². The SMILES string of the molecule is COc1cc(C(=O)C2CCSC2)ccc1F. The van der Waals surface area contributed by atoms with E-state index in [9.17, 15) is 9.18 Å². The Bertz CT molecular complexity index is 400. The Balaban J connectivity index is 2.22. The monoisotopic (exact) mass is 240 g/mol. The number of ketones is 1. The van der Waals surface area contributed by atoms with Crippen molar-refractivity contribution in [1.82, 2.24) is 0 Å². The number of rotatable bonds is 3. The van der Waals surface area contributed by atoms with Crippen LogP contribution in [0.4, 0.5) is 4.39 Å². The number of benzene rings is 1. The normalized spacial score (nSPS) is 19.8. The van der Waals surface area contributed by atoms with Crippen molar-refractivity contribution in [2.24, 2.45) is 5.92 Å². The van der Waals surface area contributed by atoms with Gasteiger partial charge in [-0.3, -0.25) is 4.79 Å². The van der Waals surface area contributed by atoms with Crippen molar-refractivity contribution in [2.45, 2.75) is 6.42 Å². The van der Waals surface area contributed by atoms with Crippen LogP contribution in [0, 0.1) is 11.7 Å². The molecule has 0 N–H and O–H groups in total. The summed E-state index contributed by atoms with van der Waals surface area (Å²) in [5, 5.41) is 0. The molecule has 2 rings (SSSR count). The molecule has 0 aliphatic carbocycles. The molecule has 0 aromatic heterocycles. The number of halogens is 1. The molecule has 1 atom stereocenters. The molecule has 1 aromatic rings. The number of thioether (sulfide) groups is 1. The minimum absolute atomic E-state index is 0.0835. The lowest BCUT2D eigenvalue weighted by Gasteiger charge is -2.09. The maximum atomic E-state index is 13.2. The zero-order valence-electron chi connectivity index (χ0n) is 9.03. The van der Waals surface area contributed by atoms with E-state index in [1.807, 2.05) is 0 Å². The Labute approximate surface area is 98.2 Å². The molecule has 1 aliphatic rings. The van der Waals surface area contributed by atoms with Crippen molar-refractivity contribution in [3.05, 3.63) is 29.6 Å². The number of hydrogen-bond acceptors (Lipinski definition) is 3. The molecule has 4 heteroatoms. The molecule has 86 valence electrons. The second kappa shape index (κ2) is 4.87. The number of ether oxygens (including phenoxy) is 1. The summed E-state index contributed by atoms with van der Waals surface area (Å²) in [5.74, 6) is 1.80. The third kappa shape index (κ3) is 2.21. The lowest BCUT2D eigenvalue weighted by molar-refractivity contribution is 0.0933. The first-order chi connectivity index (χ1) is 7.72. The van der Waals surface area contributed by atoms with Gasteiger partial charge in [-0.05, 0) is 30.4 Å². The van der Waals surface area contributed by atoms with E-state index < -0.39 is 5.82 Å². The zero-order chi connectivity index (χ0) is 11.5. The van der Waals surface area contributed by atoms with Crippen LogP contribution in [-0.2, 0) is 0 Å². The molecular weight excluding hydrogens is 227 g/mol. The molecule has 1 saturated heterocycles. The first-order valence-corrected chi connectivity index (χ1v) is 6.33. The van der Waals surface area contributed by atoms with E-state index in [4.69, 9.17) is 4.74 Å². The van der Waals surface area contributed by atoms with Gasteiger partial charge in [0.2, 0.25) is 0 Å². The van der Waals surface area contributed by atoms with Crippen LogP contribution in [0.5, 0.6) is 5.75 Å². The highest BCUT2D eigenvalue weighted by atomic mass is 32.2. The lowest BCUT2D eigenvalue weighted by atomic mass is 9.97. The molecule has 1 heterocycles. The standard InChI is InChI=1S/C12H13FO2S/c1-15-11-6-8(2-3-10(11)13)12(14)9-4-5-16-7-9/h2-3,6,9H,4-5,7H2,1H3. The summed E-state index contributed by atoms with van der Waals surface area (Å²) in [7, 11) is 1.40. The van der Waals surface area contributed by atoms with E-state index in [0.29, 0.717) is 5.56 Å². The van der Waals surface area contributed by atoms with Gasteiger partial charge in [-0.15, -0.1) is 0 Å². The Morgan fingerprint density at radius 3 is 3.00 bits per heavy atom. The second-order valence-electron chi connectivity index (χ2n) is 3.77. The van der Waals surface area contributed by atoms with Gasteiger partial charge in [-0.2, -0.15) is 11.8 Å². The van der Waals surface area contributed by atoms with Gasteiger partial charge in [0.25, 0.3) is 0 Å². The highest BCUT2D eigenvalue weighted by Gasteiger charge is 2.24. The topological polar surface area (TPSA) is 26.3 Å². The fourth-order valence-corrected chi connectivity index (χ4v) is 3.01. The molecule has 16 heavy (non-hydrogen) atoms. The highest BCUT2D eigenvalue weighted by Crippen LogP contribution is 2.28. The second-order valence-corrected chi connectivity index (χ2v) is 4.92. The van der Waals surface area contributed by atoms with Crippen molar-refractivity contribution in [3.63, 3.8) is 0 Å². The van der Waals surface area contributed by atoms with Crippen LogP contribution < -0.4 is 4.74 Å². The van der Waals surface area contributed by atoms with Crippen molar-refractivity contribution in [3.8, 4) is 5.75 Å². The molecule has 0 saturated carbocycles. The van der Waals surface area contributed by atoms with Crippen LogP contribution in [-0.4, -0.2) is 24.4 Å². The number of hydrogen-bond donors (Lipinski definition) is 0. The average molecular weight is 240 g/mol. The van der Waals surface area contributed by atoms with Gasteiger partial charge in [0, 0.05) is 17.2 Å². The number of Topliss-reactive ketones (excluding diaryl/α,β-unsaturated/α-hetero) is 1. The molecule has 2 nitrogen and oxygen atoms in total. The van der Waals surface area contributed by atoms with Crippen LogP contribution in [0.3, 0.4) is 0 Å². The third-order valence-electron chi connectivity index (χ3n) is 2.74. The summed E-state index contributed by atoms with van der Waals surface area (Å²) >= 11 is 1.79. The van der Waals surface area contributed by atoms with E-state index >= 15 is 0 Å². The molecule has 0 amide bonds. The smallest absolute Gasteiger partial charge is 0.166 e. The first-order valence-electron chi connectivity index (χ1n) is 5.18. The van der Waals surface area contributed by atoms with Gasteiger partial charge in [0.15, 0.2) is 17.3 Å². The Kier molecular flexibility index (Phi) is 3.49.